The highest BCUT2D eigenvalue weighted by Gasteiger charge is 2.40. The minimum Gasteiger partial charge on any atom is -0.462 e. The second-order valence-corrected chi connectivity index (χ2v) is 3.89. The molecular weight excluding hydrogens is 213 g/mol. The van der Waals surface area contributed by atoms with E-state index in [0.717, 1.165) is 0 Å². The number of hydrogen-bond acceptors (Lipinski definition) is 3. The van der Waals surface area contributed by atoms with Crippen LogP contribution in [-0.4, -0.2) is 30.0 Å². The lowest BCUT2D eigenvalue weighted by atomic mass is 9.91. The van der Waals surface area contributed by atoms with E-state index in [-0.39, 0.29) is 0 Å². The number of carbonyl (C=O) groups is 1. The molecule has 0 aromatic carbocycles. The number of halogens is 3. The number of ether oxygens (including phenoxy) is 1. The topological polar surface area (TPSA) is 46.5 Å². The number of alkyl halides is 3. The summed E-state index contributed by atoms with van der Waals surface area (Å²) in [5.74, 6) is -0.742. The van der Waals surface area contributed by atoms with Gasteiger partial charge in [0.1, 0.15) is 6.61 Å². The second-order valence-electron chi connectivity index (χ2n) is 3.89. The predicted octanol–water partition coefficient (Wildman–Crippen LogP) is 1.89. The Morgan fingerprint density at radius 1 is 1.40 bits per heavy atom. The maximum atomic E-state index is 11.8. The van der Waals surface area contributed by atoms with E-state index in [0.29, 0.717) is 6.42 Å². The van der Waals surface area contributed by atoms with Crippen molar-refractivity contribution in [3.8, 4) is 0 Å². The van der Waals surface area contributed by atoms with Gasteiger partial charge in [0.05, 0.1) is 5.41 Å². The Hall–Kier alpha value is -0.780. The highest BCUT2D eigenvalue weighted by atomic mass is 19.4. The first-order valence-corrected chi connectivity index (χ1v) is 4.53. The molecule has 90 valence electrons. The smallest absolute Gasteiger partial charge is 0.417 e. The van der Waals surface area contributed by atoms with Gasteiger partial charge in [0.25, 0.3) is 0 Å². The van der Waals surface area contributed by atoms with E-state index < -0.39 is 30.3 Å². The maximum Gasteiger partial charge on any atom is 0.417 e. The van der Waals surface area contributed by atoms with Crippen molar-refractivity contribution in [2.45, 2.75) is 39.5 Å². The molecule has 1 atom stereocenters. The molecular formula is C9H15F3O3. The van der Waals surface area contributed by atoms with E-state index in [4.69, 9.17) is 5.11 Å². The zero-order chi connectivity index (χ0) is 12.3. The highest BCUT2D eigenvalue weighted by Crippen LogP contribution is 2.24. The maximum absolute atomic E-state index is 11.8. The molecule has 0 saturated carbocycles. The summed E-state index contributed by atoms with van der Waals surface area (Å²) >= 11 is 0. The summed E-state index contributed by atoms with van der Waals surface area (Å²) in [6.07, 6.45) is -6.92. The third-order valence-electron chi connectivity index (χ3n) is 2.19. The quantitative estimate of drug-likeness (QED) is 0.747. The molecule has 15 heavy (non-hydrogen) atoms. The Bertz CT molecular complexity index is 223. The largest absolute Gasteiger partial charge is 0.462 e. The second kappa shape index (κ2) is 4.83. The van der Waals surface area contributed by atoms with Gasteiger partial charge in [0.2, 0.25) is 0 Å². The fourth-order valence-electron chi connectivity index (χ4n) is 0.589. The average Bonchev–Trinajstić information content (AvgIpc) is 2.11. The third-order valence-corrected chi connectivity index (χ3v) is 2.19. The van der Waals surface area contributed by atoms with Crippen LogP contribution < -0.4 is 0 Å². The van der Waals surface area contributed by atoms with Crippen LogP contribution in [0.2, 0.25) is 0 Å². The van der Waals surface area contributed by atoms with Gasteiger partial charge in [-0.1, -0.05) is 6.92 Å². The molecule has 0 spiro atoms. The molecule has 0 heterocycles. The molecule has 0 aromatic rings. The van der Waals surface area contributed by atoms with E-state index in [2.05, 4.69) is 4.74 Å². The molecule has 6 heteroatoms. The summed E-state index contributed by atoms with van der Waals surface area (Å²) in [7, 11) is 0. The lowest BCUT2D eigenvalue weighted by Gasteiger charge is -2.22. The average molecular weight is 228 g/mol. The van der Waals surface area contributed by atoms with Gasteiger partial charge in [-0.05, 0) is 20.3 Å². The lowest BCUT2D eigenvalue weighted by molar-refractivity contribution is -0.219. The molecule has 0 bridgehead atoms. The normalized spacial score (nSPS) is 14.9. The number of carbonyl (C=O) groups excluding carboxylic acids is 1. The summed E-state index contributed by atoms with van der Waals surface area (Å²) in [6, 6.07) is 0. The van der Waals surface area contributed by atoms with E-state index >= 15 is 0 Å². The van der Waals surface area contributed by atoms with Gasteiger partial charge in [-0.15, -0.1) is 0 Å². The third kappa shape index (κ3) is 4.51. The SMILES string of the molecule is CCC(C)(C)C(=O)OCC(O)C(F)(F)F. The Morgan fingerprint density at radius 2 is 1.87 bits per heavy atom. The summed E-state index contributed by atoms with van der Waals surface area (Å²) in [6.45, 7) is 3.80. The van der Waals surface area contributed by atoms with E-state index in [1.807, 2.05) is 0 Å². The van der Waals surface area contributed by atoms with Gasteiger partial charge in [0.15, 0.2) is 6.10 Å². The fourth-order valence-corrected chi connectivity index (χ4v) is 0.589. The molecule has 0 saturated heterocycles. The molecule has 1 unspecified atom stereocenters. The van der Waals surface area contributed by atoms with Crippen molar-refractivity contribution >= 4 is 5.97 Å². The van der Waals surface area contributed by atoms with Gasteiger partial charge in [-0.2, -0.15) is 13.2 Å². The molecule has 0 aliphatic rings. The van der Waals surface area contributed by atoms with Crippen LogP contribution in [-0.2, 0) is 9.53 Å². The zero-order valence-electron chi connectivity index (χ0n) is 8.89. The summed E-state index contributed by atoms with van der Waals surface area (Å²) in [5, 5.41) is 8.57. The van der Waals surface area contributed by atoms with Crippen molar-refractivity contribution in [3.05, 3.63) is 0 Å². The van der Waals surface area contributed by atoms with E-state index in [9.17, 15) is 18.0 Å². The van der Waals surface area contributed by atoms with Gasteiger partial charge in [0, 0.05) is 0 Å². The van der Waals surface area contributed by atoms with Crippen molar-refractivity contribution < 1.29 is 27.8 Å². The standard InChI is InChI=1S/C9H15F3O3/c1-4-8(2,3)7(14)15-5-6(13)9(10,11)12/h6,13H,4-5H2,1-3H3. The molecule has 0 radical (unpaired) electrons. The summed E-state index contributed by atoms with van der Waals surface area (Å²) in [4.78, 5) is 11.2. The van der Waals surface area contributed by atoms with Crippen molar-refractivity contribution in [1.29, 1.82) is 0 Å². The molecule has 3 nitrogen and oxygen atoms in total. The molecule has 0 aliphatic carbocycles. The molecule has 0 fully saturated rings. The van der Waals surface area contributed by atoms with Crippen molar-refractivity contribution in [1.82, 2.24) is 0 Å². The van der Waals surface area contributed by atoms with Crippen LogP contribution in [0.1, 0.15) is 27.2 Å². The molecule has 1 N–H and O–H groups in total. The van der Waals surface area contributed by atoms with Gasteiger partial charge in [-0.25, -0.2) is 0 Å². The molecule has 0 aromatic heterocycles. The Balaban J connectivity index is 4.13. The van der Waals surface area contributed by atoms with Crippen LogP contribution in [0.15, 0.2) is 0 Å². The minimum atomic E-state index is -4.75. The number of hydrogen-bond donors (Lipinski definition) is 1. The Morgan fingerprint density at radius 3 is 2.20 bits per heavy atom. The Kier molecular flexibility index (Phi) is 4.58. The first-order valence-electron chi connectivity index (χ1n) is 4.53. The fraction of sp³-hybridized carbons (Fsp3) is 0.889. The number of aliphatic hydroxyl groups is 1. The molecule has 0 amide bonds. The predicted molar refractivity (Wildman–Crippen MR) is 47.1 cm³/mol. The monoisotopic (exact) mass is 228 g/mol. The first-order chi connectivity index (χ1) is 6.61. The number of aliphatic hydroxyl groups excluding tert-OH is 1. The Labute approximate surface area is 86.2 Å². The van der Waals surface area contributed by atoms with Crippen LogP contribution in [0.25, 0.3) is 0 Å². The van der Waals surface area contributed by atoms with Crippen molar-refractivity contribution in [3.63, 3.8) is 0 Å². The number of esters is 1. The van der Waals surface area contributed by atoms with Crippen molar-refractivity contribution in [2.75, 3.05) is 6.61 Å². The molecule has 0 rings (SSSR count). The van der Waals surface area contributed by atoms with Crippen LogP contribution in [0.5, 0.6) is 0 Å². The van der Waals surface area contributed by atoms with Gasteiger partial charge >= 0.3 is 12.1 Å². The van der Waals surface area contributed by atoms with Gasteiger partial charge in [-0.3, -0.25) is 4.79 Å². The minimum absolute atomic E-state index is 0.452. The van der Waals surface area contributed by atoms with E-state index in [1.54, 1.807) is 20.8 Å². The number of rotatable bonds is 4. The van der Waals surface area contributed by atoms with E-state index in [1.165, 1.54) is 0 Å². The summed E-state index contributed by atoms with van der Waals surface area (Å²) < 4.78 is 39.9. The van der Waals surface area contributed by atoms with Crippen LogP contribution in [0, 0.1) is 5.41 Å². The van der Waals surface area contributed by atoms with Crippen LogP contribution in [0.3, 0.4) is 0 Å². The zero-order valence-corrected chi connectivity index (χ0v) is 8.89. The van der Waals surface area contributed by atoms with Crippen LogP contribution >= 0.6 is 0 Å². The molecule has 0 aliphatic heterocycles. The van der Waals surface area contributed by atoms with Gasteiger partial charge < -0.3 is 9.84 Å². The summed E-state index contributed by atoms with van der Waals surface area (Å²) in [5.41, 5.74) is -0.828. The van der Waals surface area contributed by atoms with Crippen LogP contribution in [0.4, 0.5) is 13.2 Å². The lowest BCUT2D eigenvalue weighted by Crippen LogP contribution is -2.36. The van der Waals surface area contributed by atoms with Crippen molar-refractivity contribution in [2.24, 2.45) is 5.41 Å². The first kappa shape index (κ1) is 14.2. The highest BCUT2D eigenvalue weighted by molar-refractivity contribution is 5.75.